The van der Waals surface area contributed by atoms with Gasteiger partial charge in [0.05, 0.1) is 17.7 Å². The zero-order valence-corrected chi connectivity index (χ0v) is 12.6. The summed E-state index contributed by atoms with van der Waals surface area (Å²) >= 11 is 9.46. The summed E-state index contributed by atoms with van der Waals surface area (Å²) in [4.78, 5) is 25.7. The second kappa shape index (κ2) is 5.04. The predicted octanol–water partition coefficient (Wildman–Crippen LogP) is 3.90. The molecule has 0 saturated carbocycles. The van der Waals surface area contributed by atoms with Gasteiger partial charge in [-0.1, -0.05) is 45.7 Å². The molecular weight excluding hydrogens is 342 g/mol. The first-order chi connectivity index (χ1) is 9.58. The van der Waals surface area contributed by atoms with Crippen molar-refractivity contribution in [1.29, 1.82) is 0 Å². The van der Waals surface area contributed by atoms with Crippen molar-refractivity contribution >= 4 is 39.3 Å². The Labute approximate surface area is 129 Å². The van der Waals surface area contributed by atoms with Gasteiger partial charge in [0.2, 0.25) is 0 Å². The van der Waals surface area contributed by atoms with Gasteiger partial charge in [-0.25, -0.2) is 0 Å². The van der Waals surface area contributed by atoms with Crippen molar-refractivity contribution in [3.63, 3.8) is 0 Å². The number of hydrogen-bond donors (Lipinski definition) is 0. The number of carbonyl (C=O) groups is 2. The van der Waals surface area contributed by atoms with Gasteiger partial charge in [-0.05, 0) is 29.8 Å². The fraction of sp³-hybridized carbons (Fsp3) is 0.0667. The van der Waals surface area contributed by atoms with Gasteiger partial charge in [-0.3, -0.25) is 14.5 Å². The van der Waals surface area contributed by atoms with Crippen molar-refractivity contribution in [1.82, 2.24) is 4.90 Å². The maximum atomic E-state index is 12.2. The molecule has 0 fully saturated rings. The Hall–Kier alpha value is -1.65. The Bertz CT molecular complexity index is 695. The average molecular weight is 351 g/mol. The second-order valence-electron chi connectivity index (χ2n) is 4.48. The number of amides is 2. The lowest BCUT2D eigenvalue weighted by molar-refractivity contribution is 0.0642. The van der Waals surface area contributed by atoms with Crippen LogP contribution in [0.3, 0.4) is 0 Å². The van der Waals surface area contributed by atoms with Crippen LogP contribution in [-0.4, -0.2) is 16.7 Å². The normalized spacial score (nSPS) is 13.8. The first-order valence-corrected chi connectivity index (χ1v) is 7.14. The molecule has 2 aromatic carbocycles. The molecule has 100 valence electrons. The third-order valence-electron chi connectivity index (χ3n) is 3.22. The van der Waals surface area contributed by atoms with E-state index >= 15 is 0 Å². The van der Waals surface area contributed by atoms with Gasteiger partial charge in [0.25, 0.3) is 11.8 Å². The standard InChI is InChI=1S/C15H9BrClNO2/c16-10-6-5-9(13(17)7-10)8-18-14(19)11-3-1-2-4-12(11)15(18)20/h1-7H,8H2. The molecule has 0 N–H and O–H groups in total. The Morgan fingerprint density at radius 3 is 2.15 bits per heavy atom. The third kappa shape index (κ3) is 2.15. The molecule has 2 aromatic rings. The van der Waals surface area contributed by atoms with Crippen LogP contribution in [0.1, 0.15) is 26.3 Å². The second-order valence-corrected chi connectivity index (χ2v) is 5.80. The lowest BCUT2D eigenvalue weighted by Crippen LogP contribution is -2.29. The van der Waals surface area contributed by atoms with E-state index in [1.165, 1.54) is 4.90 Å². The van der Waals surface area contributed by atoms with Crippen molar-refractivity contribution in [2.75, 3.05) is 0 Å². The van der Waals surface area contributed by atoms with Crippen molar-refractivity contribution in [3.05, 3.63) is 68.7 Å². The molecule has 0 aliphatic carbocycles. The summed E-state index contributed by atoms with van der Waals surface area (Å²) in [6.07, 6.45) is 0. The number of hydrogen-bond acceptors (Lipinski definition) is 2. The molecule has 2 amide bonds. The molecule has 1 aliphatic rings. The number of halogens is 2. The van der Waals surface area contributed by atoms with Crippen LogP contribution in [0.15, 0.2) is 46.9 Å². The minimum absolute atomic E-state index is 0.179. The van der Waals surface area contributed by atoms with Crippen LogP contribution in [-0.2, 0) is 6.54 Å². The Morgan fingerprint density at radius 1 is 1.00 bits per heavy atom. The molecule has 5 heteroatoms. The van der Waals surface area contributed by atoms with Crippen LogP contribution >= 0.6 is 27.5 Å². The minimum atomic E-state index is -0.274. The molecule has 3 rings (SSSR count). The lowest BCUT2D eigenvalue weighted by Gasteiger charge is -2.15. The molecule has 1 aliphatic heterocycles. The molecule has 0 saturated heterocycles. The fourth-order valence-corrected chi connectivity index (χ4v) is 2.94. The molecule has 3 nitrogen and oxygen atoms in total. The van der Waals surface area contributed by atoms with Gasteiger partial charge in [0.15, 0.2) is 0 Å². The summed E-state index contributed by atoms with van der Waals surface area (Å²) < 4.78 is 0.855. The van der Waals surface area contributed by atoms with E-state index in [4.69, 9.17) is 11.6 Å². The van der Waals surface area contributed by atoms with Gasteiger partial charge >= 0.3 is 0 Å². The predicted molar refractivity (Wildman–Crippen MR) is 79.8 cm³/mol. The maximum absolute atomic E-state index is 12.2. The van der Waals surface area contributed by atoms with Gasteiger partial charge in [-0.2, -0.15) is 0 Å². The number of imide groups is 1. The van der Waals surface area contributed by atoms with Crippen molar-refractivity contribution in [3.8, 4) is 0 Å². The van der Waals surface area contributed by atoms with E-state index in [1.807, 2.05) is 6.07 Å². The first-order valence-electron chi connectivity index (χ1n) is 5.97. The summed E-state index contributed by atoms with van der Waals surface area (Å²) in [6.45, 7) is 0.179. The van der Waals surface area contributed by atoms with E-state index in [0.717, 1.165) is 10.0 Å². The monoisotopic (exact) mass is 349 g/mol. The lowest BCUT2D eigenvalue weighted by atomic mass is 10.1. The van der Waals surface area contributed by atoms with E-state index in [9.17, 15) is 9.59 Å². The Balaban J connectivity index is 1.94. The highest BCUT2D eigenvalue weighted by Gasteiger charge is 2.35. The topological polar surface area (TPSA) is 37.4 Å². The summed E-state index contributed by atoms with van der Waals surface area (Å²) in [7, 11) is 0. The summed E-state index contributed by atoms with van der Waals surface area (Å²) in [5, 5.41) is 0.524. The first kappa shape index (κ1) is 13.3. The third-order valence-corrected chi connectivity index (χ3v) is 4.07. The largest absolute Gasteiger partial charge is 0.270 e. The number of fused-ring (bicyclic) bond motifs is 1. The van der Waals surface area contributed by atoms with Gasteiger partial charge in [0, 0.05) is 9.50 Å². The number of benzene rings is 2. The van der Waals surface area contributed by atoms with E-state index in [-0.39, 0.29) is 18.4 Å². The van der Waals surface area contributed by atoms with Crippen molar-refractivity contribution in [2.24, 2.45) is 0 Å². The smallest absolute Gasteiger partial charge is 0.261 e. The van der Waals surface area contributed by atoms with Gasteiger partial charge in [-0.15, -0.1) is 0 Å². The van der Waals surface area contributed by atoms with Gasteiger partial charge < -0.3 is 0 Å². The average Bonchev–Trinajstić information content (AvgIpc) is 2.67. The number of carbonyl (C=O) groups excluding carboxylic acids is 2. The Morgan fingerprint density at radius 2 is 1.60 bits per heavy atom. The highest BCUT2D eigenvalue weighted by molar-refractivity contribution is 9.10. The zero-order chi connectivity index (χ0) is 14.3. The van der Waals surface area contributed by atoms with Crippen LogP contribution in [0.2, 0.25) is 5.02 Å². The van der Waals surface area contributed by atoms with E-state index in [0.29, 0.717) is 16.1 Å². The molecule has 1 heterocycles. The number of nitrogens with zero attached hydrogens (tertiary/aromatic N) is 1. The molecule has 0 spiro atoms. The zero-order valence-electron chi connectivity index (χ0n) is 10.3. The summed E-state index contributed by atoms with van der Waals surface area (Å²) in [6, 6.07) is 12.2. The minimum Gasteiger partial charge on any atom is -0.270 e. The molecule has 0 aromatic heterocycles. The van der Waals surface area contributed by atoms with Crippen LogP contribution in [0.5, 0.6) is 0 Å². The van der Waals surface area contributed by atoms with Crippen LogP contribution in [0.4, 0.5) is 0 Å². The molecule has 0 atom stereocenters. The molecule has 20 heavy (non-hydrogen) atoms. The highest BCUT2D eigenvalue weighted by atomic mass is 79.9. The van der Waals surface area contributed by atoms with E-state index in [2.05, 4.69) is 15.9 Å². The molecule has 0 radical (unpaired) electrons. The van der Waals surface area contributed by atoms with Crippen molar-refractivity contribution in [2.45, 2.75) is 6.54 Å². The van der Waals surface area contributed by atoms with E-state index in [1.54, 1.807) is 36.4 Å². The van der Waals surface area contributed by atoms with Crippen LogP contribution in [0.25, 0.3) is 0 Å². The van der Waals surface area contributed by atoms with E-state index < -0.39 is 0 Å². The van der Waals surface area contributed by atoms with Gasteiger partial charge in [0.1, 0.15) is 0 Å². The quantitative estimate of drug-likeness (QED) is 0.770. The molecule has 0 bridgehead atoms. The number of rotatable bonds is 2. The van der Waals surface area contributed by atoms with Crippen LogP contribution < -0.4 is 0 Å². The van der Waals surface area contributed by atoms with Crippen LogP contribution in [0, 0.1) is 0 Å². The summed E-state index contributed by atoms with van der Waals surface area (Å²) in [5.41, 5.74) is 1.64. The van der Waals surface area contributed by atoms with Crippen molar-refractivity contribution < 1.29 is 9.59 Å². The molecule has 0 unspecified atom stereocenters. The molecular formula is C15H9BrClNO2. The summed E-state index contributed by atoms with van der Waals surface area (Å²) in [5.74, 6) is -0.547. The highest BCUT2D eigenvalue weighted by Crippen LogP contribution is 2.27. The fourth-order valence-electron chi connectivity index (χ4n) is 2.20. The maximum Gasteiger partial charge on any atom is 0.261 e. The SMILES string of the molecule is O=C1c2ccccc2C(=O)N1Cc1ccc(Br)cc1Cl. The Kier molecular flexibility index (Phi) is 3.36.